The van der Waals surface area contributed by atoms with E-state index in [1.165, 1.54) is 82.6 Å². The second-order valence-corrected chi connectivity index (χ2v) is 8.71. The molecule has 0 spiro atoms. The molecule has 0 amide bonds. The number of hydrogen-bond donors (Lipinski definition) is 1. The van der Waals surface area contributed by atoms with Crippen molar-refractivity contribution >= 4 is 23.1 Å². The van der Waals surface area contributed by atoms with Gasteiger partial charge in [-0.2, -0.15) is 0 Å². The van der Waals surface area contributed by atoms with Gasteiger partial charge < -0.3 is 10.5 Å². The maximum absolute atomic E-state index is 5.91. The summed E-state index contributed by atoms with van der Waals surface area (Å²) in [5.74, 6) is 0.921. The summed E-state index contributed by atoms with van der Waals surface area (Å²) in [7, 11) is 0. The van der Waals surface area contributed by atoms with Crippen LogP contribution in [0.2, 0.25) is 0 Å². The van der Waals surface area contributed by atoms with Crippen LogP contribution in [0.1, 0.15) is 103 Å². The lowest BCUT2D eigenvalue weighted by molar-refractivity contribution is 0.205. The maximum atomic E-state index is 5.91. The standard InChI is InChI=1S/C25H43NO.C5H5N.BrH/c1-3-5-6-7-8-9-10-11-12-13-14-15-16-18-23-19-17-20-25(21-23)27-24(4-2)22-26;1-2-4-6-5-3-1;/h16-21,24H,3-15,22,26H2,1-2H3;1-5H;1H. The molecular formula is C30H49BrN2O. The number of unbranched alkanes of at least 4 members (excludes halogenated alkanes) is 11. The van der Waals surface area contributed by atoms with Crippen LogP contribution in [0.5, 0.6) is 5.75 Å². The Morgan fingerprint density at radius 1 is 0.824 bits per heavy atom. The van der Waals surface area contributed by atoms with Crippen LogP contribution in [0.25, 0.3) is 6.08 Å². The van der Waals surface area contributed by atoms with Crippen molar-refractivity contribution in [3.63, 3.8) is 0 Å². The van der Waals surface area contributed by atoms with Crippen molar-refractivity contribution in [1.29, 1.82) is 0 Å². The fourth-order valence-corrected chi connectivity index (χ4v) is 3.64. The van der Waals surface area contributed by atoms with E-state index in [1.807, 2.05) is 24.3 Å². The molecule has 1 aromatic carbocycles. The number of aromatic nitrogens is 1. The topological polar surface area (TPSA) is 48.1 Å². The van der Waals surface area contributed by atoms with E-state index in [9.17, 15) is 0 Å². The predicted octanol–water partition coefficient (Wildman–Crippen LogP) is 9.18. The Bertz CT molecular complexity index is 663. The molecule has 0 aliphatic heterocycles. The van der Waals surface area contributed by atoms with E-state index in [2.05, 4.69) is 49.2 Å². The molecular weight excluding hydrogens is 484 g/mol. The Labute approximate surface area is 220 Å². The molecule has 2 aromatic rings. The maximum Gasteiger partial charge on any atom is 0.120 e. The van der Waals surface area contributed by atoms with Crippen molar-refractivity contribution in [3.8, 4) is 5.75 Å². The highest BCUT2D eigenvalue weighted by atomic mass is 79.9. The van der Waals surface area contributed by atoms with Crippen molar-refractivity contribution < 1.29 is 4.74 Å². The van der Waals surface area contributed by atoms with Gasteiger partial charge >= 0.3 is 0 Å². The van der Waals surface area contributed by atoms with Crippen LogP contribution in [0.15, 0.2) is 60.9 Å². The molecule has 2 rings (SSSR count). The number of pyridine rings is 1. The van der Waals surface area contributed by atoms with Crippen LogP contribution in [-0.2, 0) is 0 Å². The highest BCUT2D eigenvalue weighted by Gasteiger charge is 2.05. The lowest BCUT2D eigenvalue weighted by Crippen LogP contribution is -2.25. The zero-order valence-electron chi connectivity index (χ0n) is 21.7. The summed E-state index contributed by atoms with van der Waals surface area (Å²) in [6, 6.07) is 14.0. The van der Waals surface area contributed by atoms with Crippen LogP contribution in [-0.4, -0.2) is 17.6 Å². The van der Waals surface area contributed by atoms with Gasteiger partial charge in [0.05, 0.1) is 0 Å². The third-order valence-corrected chi connectivity index (χ3v) is 5.73. The summed E-state index contributed by atoms with van der Waals surface area (Å²) in [5.41, 5.74) is 6.93. The molecule has 1 heterocycles. The summed E-state index contributed by atoms with van der Waals surface area (Å²) in [6.45, 7) is 4.95. The van der Waals surface area contributed by atoms with Crippen molar-refractivity contribution in [2.24, 2.45) is 5.73 Å². The van der Waals surface area contributed by atoms with Gasteiger partial charge in [-0.1, -0.05) is 108 Å². The van der Waals surface area contributed by atoms with Gasteiger partial charge in [0.2, 0.25) is 0 Å². The summed E-state index contributed by atoms with van der Waals surface area (Å²) < 4.78 is 5.91. The first-order valence-corrected chi connectivity index (χ1v) is 13.3. The minimum atomic E-state index is 0. The molecule has 0 radical (unpaired) electrons. The molecule has 0 fully saturated rings. The van der Waals surface area contributed by atoms with Crippen molar-refractivity contribution in [2.75, 3.05) is 6.54 Å². The summed E-state index contributed by atoms with van der Waals surface area (Å²) in [4.78, 5) is 3.78. The van der Waals surface area contributed by atoms with Gasteiger partial charge in [0.15, 0.2) is 0 Å². The van der Waals surface area contributed by atoms with Crippen LogP contribution in [0.3, 0.4) is 0 Å². The lowest BCUT2D eigenvalue weighted by atomic mass is 10.1. The second kappa shape index (κ2) is 24.5. The van der Waals surface area contributed by atoms with Crippen LogP contribution in [0.4, 0.5) is 0 Å². The summed E-state index contributed by atoms with van der Waals surface area (Å²) in [5, 5.41) is 0. The van der Waals surface area contributed by atoms with E-state index in [-0.39, 0.29) is 23.1 Å². The fraction of sp³-hybridized carbons (Fsp3) is 0.567. The van der Waals surface area contributed by atoms with Gasteiger partial charge in [-0.05, 0) is 49.1 Å². The number of halogens is 1. The average Bonchev–Trinajstić information content (AvgIpc) is 2.87. The van der Waals surface area contributed by atoms with Gasteiger partial charge in [-0.25, -0.2) is 0 Å². The monoisotopic (exact) mass is 532 g/mol. The van der Waals surface area contributed by atoms with E-state index in [4.69, 9.17) is 10.5 Å². The molecule has 192 valence electrons. The van der Waals surface area contributed by atoms with E-state index < -0.39 is 0 Å². The zero-order valence-corrected chi connectivity index (χ0v) is 23.4. The highest BCUT2D eigenvalue weighted by Crippen LogP contribution is 2.17. The number of rotatable bonds is 17. The molecule has 0 aliphatic carbocycles. The number of nitrogens with zero attached hydrogens (tertiary/aromatic N) is 1. The SMILES string of the molecule is Br.CCCCCCCCCCCCCC=Cc1cccc(OC(CC)CN)c1.c1ccncc1. The minimum absolute atomic E-state index is 0. The lowest BCUT2D eigenvalue weighted by Gasteiger charge is -2.15. The average molecular weight is 534 g/mol. The number of ether oxygens (including phenoxy) is 1. The molecule has 0 saturated heterocycles. The van der Waals surface area contributed by atoms with Gasteiger partial charge in [0.1, 0.15) is 11.9 Å². The van der Waals surface area contributed by atoms with Gasteiger partial charge in [-0.3, -0.25) is 4.98 Å². The molecule has 3 nitrogen and oxygen atoms in total. The zero-order chi connectivity index (χ0) is 23.8. The first-order valence-electron chi connectivity index (χ1n) is 13.3. The highest BCUT2D eigenvalue weighted by molar-refractivity contribution is 8.93. The van der Waals surface area contributed by atoms with Crippen LogP contribution >= 0.6 is 17.0 Å². The third kappa shape index (κ3) is 18.7. The molecule has 0 saturated carbocycles. The van der Waals surface area contributed by atoms with E-state index >= 15 is 0 Å². The van der Waals surface area contributed by atoms with Crippen molar-refractivity contribution in [3.05, 3.63) is 66.5 Å². The largest absolute Gasteiger partial charge is 0.489 e. The molecule has 1 atom stereocenters. The van der Waals surface area contributed by atoms with Crippen LogP contribution in [0, 0.1) is 0 Å². The molecule has 0 aliphatic rings. The van der Waals surface area contributed by atoms with E-state index in [0.717, 1.165) is 12.2 Å². The first kappa shape index (κ1) is 32.4. The summed E-state index contributed by atoms with van der Waals surface area (Å²) in [6.07, 6.45) is 25.6. The quantitative estimate of drug-likeness (QED) is 0.206. The predicted molar refractivity (Wildman–Crippen MR) is 155 cm³/mol. The summed E-state index contributed by atoms with van der Waals surface area (Å²) >= 11 is 0. The number of hydrogen-bond acceptors (Lipinski definition) is 3. The Morgan fingerprint density at radius 3 is 1.94 bits per heavy atom. The third-order valence-electron chi connectivity index (χ3n) is 5.73. The number of benzene rings is 1. The molecule has 2 N–H and O–H groups in total. The van der Waals surface area contributed by atoms with Gasteiger partial charge in [-0.15, -0.1) is 17.0 Å². The van der Waals surface area contributed by atoms with Gasteiger partial charge in [0, 0.05) is 18.9 Å². The molecule has 4 heteroatoms. The fourth-order valence-electron chi connectivity index (χ4n) is 3.64. The molecule has 1 aromatic heterocycles. The second-order valence-electron chi connectivity index (χ2n) is 8.71. The molecule has 34 heavy (non-hydrogen) atoms. The number of allylic oxidation sites excluding steroid dienone is 1. The van der Waals surface area contributed by atoms with E-state index in [0.29, 0.717) is 6.54 Å². The Hall–Kier alpha value is -1.65. The Morgan fingerprint density at radius 2 is 1.44 bits per heavy atom. The normalized spacial score (nSPS) is 11.4. The van der Waals surface area contributed by atoms with Gasteiger partial charge in [0.25, 0.3) is 0 Å². The Balaban J connectivity index is 0.00000134. The van der Waals surface area contributed by atoms with Crippen molar-refractivity contribution in [1.82, 2.24) is 4.98 Å². The minimum Gasteiger partial charge on any atom is -0.489 e. The molecule has 1 unspecified atom stereocenters. The smallest absolute Gasteiger partial charge is 0.120 e. The van der Waals surface area contributed by atoms with Crippen LogP contribution < -0.4 is 10.5 Å². The Kier molecular flexibility index (Phi) is 23.3. The number of nitrogens with two attached hydrogens (primary N) is 1. The first-order chi connectivity index (χ1) is 16.3. The molecule has 0 bridgehead atoms. The van der Waals surface area contributed by atoms with Crippen molar-refractivity contribution in [2.45, 2.75) is 103 Å². The van der Waals surface area contributed by atoms with E-state index in [1.54, 1.807) is 12.4 Å².